The van der Waals surface area contributed by atoms with E-state index in [4.69, 9.17) is 23.2 Å². The maximum Gasteiger partial charge on any atom is 0.262 e. The summed E-state index contributed by atoms with van der Waals surface area (Å²) in [7, 11) is 0. The smallest absolute Gasteiger partial charge is 0.262 e. The normalized spacial score (nSPS) is 12.8. The third-order valence-corrected chi connectivity index (χ3v) is 5.32. The van der Waals surface area contributed by atoms with E-state index in [0.717, 1.165) is 5.56 Å². The first kappa shape index (κ1) is 23.9. The minimum atomic E-state index is -0.757. The van der Waals surface area contributed by atoms with Crippen LogP contribution in [0.25, 0.3) is 0 Å². The molecule has 0 aliphatic rings. The van der Waals surface area contributed by atoms with Gasteiger partial charge in [0.1, 0.15) is 6.04 Å². The molecule has 5 nitrogen and oxygen atoms in total. The van der Waals surface area contributed by atoms with E-state index in [1.165, 1.54) is 11.6 Å². The molecule has 30 heavy (non-hydrogen) atoms. The Morgan fingerprint density at radius 1 is 1.00 bits per heavy atom. The first-order chi connectivity index (χ1) is 14.0. The van der Waals surface area contributed by atoms with Crippen LogP contribution >= 0.6 is 23.2 Å². The average molecular weight is 448 g/mol. The van der Waals surface area contributed by atoms with E-state index in [9.17, 15) is 9.59 Å². The highest BCUT2D eigenvalue weighted by Gasteiger charge is 2.24. The minimum Gasteiger partial charge on any atom is -0.340 e. The molecular formula is C23H27Cl2N3O2. The number of halogens is 2. The summed E-state index contributed by atoms with van der Waals surface area (Å²) in [6.45, 7) is 10.1. The Kier molecular flexibility index (Phi) is 8.04. The predicted octanol–water partition coefficient (Wildman–Crippen LogP) is 5.20. The van der Waals surface area contributed by atoms with Crippen LogP contribution in [0.2, 0.25) is 10.0 Å². The van der Waals surface area contributed by atoms with E-state index in [1.807, 2.05) is 38.1 Å². The maximum atomic E-state index is 12.6. The fourth-order valence-corrected chi connectivity index (χ4v) is 3.00. The van der Waals surface area contributed by atoms with Crippen molar-refractivity contribution in [2.75, 3.05) is 0 Å². The molecule has 2 rings (SSSR count). The number of hydrogen-bond acceptors (Lipinski definition) is 3. The molecule has 7 heteroatoms. The van der Waals surface area contributed by atoms with Crippen molar-refractivity contribution in [3.8, 4) is 0 Å². The van der Waals surface area contributed by atoms with Gasteiger partial charge in [-0.15, -0.1) is 0 Å². The van der Waals surface area contributed by atoms with Gasteiger partial charge in [-0.1, -0.05) is 82.1 Å². The quantitative estimate of drug-likeness (QED) is 0.471. The number of nitrogens with zero attached hydrogens (tertiary/aromatic N) is 1. The number of hydrazone groups is 1. The maximum absolute atomic E-state index is 12.6. The molecule has 2 N–H and O–H groups in total. The van der Waals surface area contributed by atoms with Crippen LogP contribution < -0.4 is 10.7 Å². The monoisotopic (exact) mass is 447 g/mol. The molecule has 0 heterocycles. The summed E-state index contributed by atoms with van der Waals surface area (Å²) >= 11 is 11.9. The Morgan fingerprint density at radius 2 is 1.63 bits per heavy atom. The minimum absolute atomic E-state index is 0.0703. The van der Waals surface area contributed by atoms with Crippen LogP contribution in [0.1, 0.15) is 56.1 Å². The van der Waals surface area contributed by atoms with Gasteiger partial charge in [0.15, 0.2) is 0 Å². The van der Waals surface area contributed by atoms with Gasteiger partial charge in [0.05, 0.1) is 16.3 Å². The van der Waals surface area contributed by atoms with Crippen LogP contribution in [0.15, 0.2) is 47.6 Å². The molecule has 160 valence electrons. The van der Waals surface area contributed by atoms with Gasteiger partial charge >= 0.3 is 0 Å². The van der Waals surface area contributed by atoms with E-state index < -0.39 is 17.9 Å². The highest BCUT2D eigenvalue weighted by Crippen LogP contribution is 2.23. The van der Waals surface area contributed by atoms with Crippen molar-refractivity contribution >= 4 is 41.2 Å². The second kappa shape index (κ2) is 10.1. The van der Waals surface area contributed by atoms with Gasteiger partial charge in [-0.05, 0) is 40.7 Å². The van der Waals surface area contributed by atoms with Crippen LogP contribution in [-0.4, -0.2) is 24.1 Å². The molecule has 1 unspecified atom stereocenters. The number of carbonyl (C=O) groups is 2. The van der Waals surface area contributed by atoms with Crippen LogP contribution in [0.3, 0.4) is 0 Å². The fourth-order valence-electron chi connectivity index (χ4n) is 2.71. The molecule has 0 saturated heterocycles. The van der Waals surface area contributed by atoms with Gasteiger partial charge in [0.25, 0.3) is 11.8 Å². The average Bonchev–Trinajstić information content (AvgIpc) is 2.67. The van der Waals surface area contributed by atoms with Crippen molar-refractivity contribution in [1.82, 2.24) is 10.7 Å². The number of rotatable bonds is 6. The topological polar surface area (TPSA) is 70.6 Å². The largest absolute Gasteiger partial charge is 0.340 e. The molecule has 0 radical (unpaired) electrons. The number of nitrogens with one attached hydrogen (secondary N) is 2. The molecule has 0 bridgehead atoms. The zero-order valence-electron chi connectivity index (χ0n) is 17.8. The standard InChI is InChI=1S/C23H27Cl2N3O2/c1-14(2)20(27-21(29)16-8-11-18(24)19(25)12-16)22(30)28-26-13-15-6-9-17(10-7-15)23(3,4)5/h6-14,20H,1-5H3,(H,27,29)(H,28,30)/b26-13+. The summed E-state index contributed by atoms with van der Waals surface area (Å²) in [5.74, 6) is -0.955. The van der Waals surface area contributed by atoms with Crippen molar-refractivity contribution in [2.24, 2.45) is 11.0 Å². The number of hydrogen-bond donors (Lipinski definition) is 2. The van der Waals surface area contributed by atoms with Crippen LogP contribution in [0.4, 0.5) is 0 Å². The summed E-state index contributed by atoms with van der Waals surface area (Å²) < 4.78 is 0. The molecular weight excluding hydrogens is 421 g/mol. The zero-order valence-corrected chi connectivity index (χ0v) is 19.3. The second-order valence-electron chi connectivity index (χ2n) is 8.43. The van der Waals surface area contributed by atoms with Gasteiger partial charge in [-0.25, -0.2) is 5.43 Å². The first-order valence-electron chi connectivity index (χ1n) is 9.68. The summed E-state index contributed by atoms with van der Waals surface area (Å²) in [5.41, 5.74) is 4.98. The third kappa shape index (κ3) is 6.57. The van der Waals surface area contributed by atoms with E-state index in [2.05, 4.69) is 36.6 Å². The van der Waals surface area contributed by atoms with E-state index in [1.54, 1.807) is 18.3 Å². The Hall–Kier alpha value is -2.37. The fraction of sp³-hybridized carbons (Fsp3) is 0.348. The molecule has 2 amide bonds. The van der Waals surface area contributed by atoms with E-state index in [0.29, 0.717) is 10.6 Å². The lowest BCUT2D eigenvalue weighted by Gasteiger charge is -2.20. The van der Waals surface area contributed by atoms with Gasteiger partial charge in [-0.3, -0.25) is 9.59 Å². The first-order valence-corrected chi connectivity index (χ1v) is 10.4. The Bertz CT molecular complexity index is 932. The number of amides is 2. The molecule has 0 aromatic heterocycles. The lowest BCUT2D eigenvalue weighted by molar-refractivity contribution is -0.123. The van der Waals surface area contributed by atoms with Gasteiger partial charge in [0.2, 0.25) is 0 Å². The highest BCUT2D eigenvalue weighted by molar-refractivity contribution is 6.42. The van der Waals surface area contributed by atoms with E-state index in [-0.39, 0.29) is 16.4 Å². The zero-order chi connectivity index (χ0) is 22.5. The Labute approximate surface area is 187 Å². The SMILES string of the molecule is CC(C)C(NC(=O)c1ccc(Cl)c(Cl)c1)C(=O)N/N=C/c1ccc(C(C)(C)C)cc1. The van der Waals surface area contributed by atoms with Crippen molar-refractivity contribution in [1.29, 1.82) is 0 Å². The van der Waals surface area contributed by atoms with Crippen LogP contribution in [-0.2, 0) is 10.2 Å². The molecule has 2 aromatic rings. The number of carbonyl (C=O) groups excluding carboxylic acids is 2. The van der Waals surface area contributed by atoms with Crippen LogP contribution in [0, 0.1) is 5.92 Å². The van der Waals surface area contributed by atoms with E-state index >= 15 is 0 Å². The van der Waals surface area contributed by atoms with Gasteiger partial charge < -0.3 is 5.32 Å². The second-order valence-corrected chi connectivity index (χ2v) is 9.24. The molecule has 0 aliphatic heterocycles. The summed E-state index contributed by atoms with van der Waals surface area (Å²) in [5, 5.41) is 7.39. The van der Waals surface area contributed by atoms with Crippen molar-refractivity contribution < 1.29 is 9.59 Å². The van der Waals surface area contributed by atoms with Crippen molar-refractivity contribution in [3.63, 3.8) is 0 Å². The predicted molar refractivity (Wildman–Crippen MR) is 123 cm³/mol. The van der Waals surface area contributed by atoms with Crippen molar-refractivity contribution in [2.45, 2.75) is 46.1 Å². The lowest BCUT2D eigenvalue weighted by atomic mass is 9.87. The summed E-state index contributed by atoms with van der Waals surface area (Å²) in [4.78, 5) is 25.1. The van der Waals surface area contributed by atoms with Gasteiger partial charge in [0, 0.05) is 5.56 Å². The lowest BCUT2D eigenvalue weighted by Crippen LogP contribution is -2.48. The molecule has 0 fully saturated rings. The summed E-state index contributed by atoms with van der Waals surface area (Å²) in [6, 6.07) is 11.8. The van der Waals surface area contributed by atoms with Gasteiger partial charge in [-0.2, -0.15) is 5.10 Å². The van der Waals surface area contributed by atoms with Crippen molar-refractivity contribution in [3.05, 3.63) is 69.2 Å². The molecule has 1 atom stereocenters. The number of benzene rings is 2. The molecule has 0 saturated carbocycles. The van der Waals surface area contributed by atoms with Crippen LogP contribution in [0.5, 0.6) is 0 Å². The molecule has 0 aliphatic carbocycles. The molecule has 2 aromatic carbocycles. The third-order valence-electron chi connectivity index (χ3n) is 4.58. The Balaban J connectivity index is 2.02. The Morgan fingerprint density at radius 3 is 2.17 bits per heavy atom. The summed E-state index contributed by atoms with van der Waals surface area (Å²) in [6.07, 6.45) is 1.57. The molecule has 0 spiro atoms. The highest BCUT2D eigenvalue weighted by atomic mass is 35.5.